The van der Waals surface area contributed by atoms with Crippen LogP contribution in [0.2, 0.25) is 0 Å². The van der Waals surface area contributed by atoms with Crippen molar-refractivity contribution in [2.45, 2.75) is 210 Å². The predicted molar refractivity (Wildman–Crippen MR) is 467 cm³/mol. The van der Waals surface area contributed by atoms with Gasteiger partial charge in [-0.15, -0.1) is 0 Å². The Morgan fingerprint density at radius 3 is 0.510 bits per heavy atom. The molecular weight excluding hydrogens is 1250 g/mol. The van der Waals surface area contributed by atoms with Gasteiger partial charge in [-0.05, 0) is 219 Å². The van der Waals surface area contributed by atoms with Gasteiger partial charge >= 0.3 is 0 Å². The van der Waals surface area contributed by atoms with Gasteiger partial charge in [0.2, 0.25) is 0 Å². The lowest BCUT2D eigenvalue weighted by atomic mass is 9.94. The molecule has 0 unspecified atom stereocenters. The van der Waals surface area contributed by atoms with Gasteiger partial charge < -0.3 is 0 Å². The van der Waals surface area contributed by atoms with E-state index in [1.807, 2.05) is 0 Å². The smallest absolute Gasteiger partial charge is 0.00990 e. The van der Waals surface area contributed by atoms with Crippen LogP contribution in [0, 0.1) is 34.6 Å². The zero-order chi connectivity index (χ0) is 71.0. The minimum atomic E-state index is 0. The highest BCUT2D eigenvalue weighted by Crippen LogP contribution is 2.38. The number of benzene rings is 16. The van der Waals surface area contributed by atoms with Crippen LogP contribution in [0.15, 0.2) is 243 Å². The van der Waals surface area contributed by atoms with E-state index in [0.29, 0.717) is 0 Å². The maximum absolute atomic E-state index is 2.42. The van der Waals surface area contributed by atoms with Crippen molar-refractivity contribution in [2.24, 2.45) is 0 Å². The Balaban J connectivity index is 0.000000131. The third-order valence-electron chi connectivity index (χ3n) is 22.3. The molecule has 0 aliphatic carbocycles. The summed E-state index contributed by atoms with van der Waals surface area (Å²) >= 11 is 0. The molecule has 0 spiro atoms. The number of hydrogen-bond acceptors (Lipinski definition) is 0. The standard InChI is InChI=1S/C31H38.C27H30.C25H26.C20H16.CH4/c1-3-4-5-6-7-8-9-10-11-12-13-25-15-19-29-27(23-25)17-21-30-28-18-14-24(2)22-26(28)16-20-31(29)30;1-3-4-5-6-7-8-9-21-11-15-25-23(19-21)13-17-26-24-14-10-20(2)18-22(24)12-16-27(25)26;1-3-4-5-6-7-19-9-13-23-21(17-19)11-15-24-22-12-8-18(2)16-20(22)10-14-25(23)24;1-13-3-7-17-15(11-13)5-9-20-18-8-4-14(2)12-16(18)6-10-19(17)20;/h14-23H,3-13H2,1-2H3;10-19H,3-9H2,1-2H3;8-17H,3-7H2,1-2H3;3-12H,1-2H3;1H4. The number of fused-ring (bicyclic) bond motifs is 20. The zero-order valence-electron chi connectivity index (χ0n) is 63.4. The Morgan fingerprint density at radius 1 is 0.154 bits per heavy atom. The second-order valence-corrected chi connectivity index (χ2v) is 30.5. The van der Waals surface area contributed by atoms with Gasteiger partial charge in [-0.3, -0.25) is 0 Å². The summed E-state index contributed by atoms with van der Waals surface area (Å²) in [4.78, 5) is 0. The molecule has 0 bridgehead atoms. The summed E-state index contributed by atoms with van der Waals surface area (Å²) in [6.45, 7) is 17.6. The van der Waals surface area contributed by atoms with Gasteiger partial charge in [0, 0.05) is 0 Å². The van der Waals surface area contributed by atoms with Crippen LogP contribution in [0.1, 0.15) is 201 Å². The zero-order valence-corrected chi connectivity index (χ0v) is 63.4. The van der Waals surface area contributed by atoms with E-state index in [2.05, 4.69) is 298 Å². The molecule has 0 aliphatic heterocycles. The van der Waals surface area contributed by atoms with Gasteiger partial charge in [-0.2, -0.15) is 0 Å². The van der Waals surface area contributed by atoms with Gasteiger partial charge in [-0.25, -0.2) is 0 Å². The van der Waals surface area contributed by atoms with E-state index < -0.39 is 0 Å². The monoisotopic (exact) mass is 1360 g/mol. The molecule has 0 heteroatoms. The minimum absolute atomic E-state index is 0. The predicted octanol–water partition coefficient (Wildman–Crippen LogP) is 32.3. The maximum atomic E-state index is 2.42. The quantitative estimate of drug-likeness (QED) is 0.0442. The van der Waals surface area contributed by atoms with E-state index in [1.54, 1.807) is 0 Å². The molecule has 0 radical (unpaired) electrons. The van der Waals surface area contributed by atoms with E-state index in [4.69, 9.17) is 0 Å². The van der Waals surface area contributed by atoms with Crippen molar-refractivity contribution >= 4 is 129 Å². The van der Waals surface area contributed by atoms with Crippen molar-refractivity contribution in [1.29, 1.82) is 0 Å². The van der Waals surface area contributed by atoms with Crippen LogP contribution in [0.3, 0.4) is 0 Å². The first-order valence-electron chi connectivity index (χ1n) is 39.9. The molecule has 0 aromatic heterocycles. The minimum Gasteiger partial charge on any atom is -0.0776 e. The molecule has 16 aromatic carbocycles. The summed E-state index contributed by atoms with van der Waals surface area (Å²) in [6, 6.07) is 91.5. The fourth-order valence-corrected chi connectivity index (χ4v) is 16.4. The number of rotatable bonds is 23. The van der Waals surface area contributed by atoms with Crippen LogP contribution < -0.4 is 0 Å². The first-order chi connectivity index (χ1) is 50.5. The molecule has 0 amide bonds. The van der Waals surface area contributed by atoms with E-state index in [-0.39, 0.29) is 7.43 Å². The highest BCUT2D eigenvalue weighted by Gasteiger charge is 2.12. The Hall–Kier alpha value is -9.36. The Kier molecular flexibility index (Phi) is 25.7. The van der Waals surface area contributed by atoms with Gasteiger partial charge in [0.25, 0.3) is 0 Å². The van der Waals surface area contributed by atoms with Crippen molar-refractivity contribution in [2.75, 3.05) is 0 Å². The van der Waals surface area contributed by atoms with Crippen molar-refractivity contribution < 1.29 is 0 Å². The Bertz CT molecular complexity index is 5520. The van der Waals surface area contributed by atoms with Crippen LogP contribution in [-0.4, -0.2) is 0 Å². The van der Waals surface area contributed by atoms with Gasteiger partial charge in [0.1, 0.15) is 0 Å². The Labute approximate surface area is 622 Å². The summed E-state index contributed by atoms with van der Waals surface area (Å²) in [5.74, 6) is 0. The topological polar surface area (TPSA) is 0 Å². The highest BCUT2D eigenvalue weighted by atomic mass is 14.2. The fraction of sp³-hybridized carbons (Fsp3) is 0.308. The van der Waals surface area contributed by atoms with E-state index in [9.17, 15) is 0 Å². The molecule has 16 rings (SSSR count). The molecule has 0 saturated carbocycles. The Morgan fingerprint density at radius 2 is 0.308 bits per heavy atom. The molecule has 0 heterocycles. The van der Waals surface area contributed by atoms with E-state index in [1.165, 1.54) is 321 Å². The summed E-state index contributed by atoms with van der Waals surface area (Å²) < 4.78 is 0. The number of hydrogen-bond donors (Lipinski definition) is 0. The largest absolute Gasteiger partial charge is 0.0776 e. The number of unbranched alkanes of at least 4 members (excludes halogenated alkanes) is 17. The lowest BCUT2D eigenvalue weighted by Gasteiger charge is -2.10. The average Bonchev–Trinajstić information content (AvgIpc) is 0.783. The van der Waals surface area contributed by atoms with Crippen molar-refractivity contribution in [3.05, 3.63) is 287 Å². The molecule has 0 aliphatic rings. The van der Waals surface area contributed by atoms with Crippen molar-refractivity contribution in [3.63, 3.8) is 0 Å². The summed E-state index contributed by atoms with van der Waals surface area (Å²) in [7, 11) is 0. The summed E-state index contributed by atoms with van der Waals surface area (Å²) in [5, 5.41) is 32.6. The second kappa shape index (κ2) is 35.9. The normalized spacial score (nSPS) is 11.5. The third kappa shape index (κ3) is 17.9. The lowest BCUT2D eigenvalue weighted by Crippen LogP contribution is -1.88. The fourth-order valence-electron chi connectivity index (χ4n) is 16.4. The molecule has 530 valence electrons. The van der Waals surface area contributed by atoms with Crippen LogP contribution in [0.4, 0.5) is 0 Å². The van der Waals surface area contributed by atoms with Gasteiger partial charge in [-0.1, -0.05) is 408 Å². The van der Waals surface area contributed by atoms with Crippen molar-refractivity contribution in [1.82, 2.24) is 0 Å². The highest BCUT2D eigenvalue weighted by molar-refractivity contribution is 6.21. The van der Waals surface area contributed by atoms with Crippen LogP contribution in [0.5, 0.6) is 0 Å². The van der Waals surface area contributed by atoms with Crippen molar-refractivity contribution in [3.8, 4) is 0 Å². The molecule has 0 atom stereocenters. The number of aryl methyl sites for hydroxylation is 8. The van der Waals surface area contributed by atoms with Gasteiger partial charge in [0.05, 0.1) is 0 Å². The average molecular weight is 1360 g/mol. The first-order valence-corrected chi connectivity index (χ1v) is 39.9. The molecule has 0 nitrogen and oxygen atoms in total. The SMILES string of the molecule is C.CCCCCCCCCCCCc1ccc2c(ccc3c4ccc(C)cc4ccc23)c1.CCCCCCCCc1ccc2c(ccc3c4ccc(C)cc4ccc23)c1.CCCCCCc1ccc2c(ccc3c4ccc(C)cc4ccc23)c1.Cc1ccc2c(ccc3c4ccc(C)cc4ccc23)c1. The molecule has 0 saturated heterocycles. The van der Waals surface area contributed by atoms with E-state index in [0.717, 1.165) is 0 Å². The van der Waals surface area contributed by atoms with Gasteiger partial charge in [0.15, 0.2) is 0 Å². The molecular formula is C104H114. The molecule has 0 fully saturated rings. The third-order valence-corrected chi connectivity index (χ3v) is 22.3. The van der Waals surface area contributed by atoms with Crippen LogP contribution >= 0.6 is 0 Å². The second-order valence-electron chi connectivity index (χ2n) is 30.5. The molecule has 104 heavy (non-hydrogen) atoms. The van der Waals surface area contributed by atoms with E-state index >= 15 is 0 Å². The molecule has 0 N–H and O–H groups in total. The lowest BCUT2D eigenvalue weighted by molar-refractivity contribution is 0.556. The van der Waals surface area contributed by atoms with Crippen LogP contribution in [-0.2, 0) is 19.3 Å². The summed E-state index contributed by atoms with van der Waals surface area (Å²) in [5.41, 5.74) is 11.0. The maximum Gasteiger partial charge on any atom is -0.00990 e. The first kappa shape index (κ1) is 74.4. The molecule has 16 aromatic rings. The summed E-state index contributed by atoms with van der Waals surface area (Å²) in [6.07, 6.45) is 31.1. The van der Waals surface area contributed by atoms with Crippen LogP contribution in [0.25, 0.3) is 129 Å².